The minimum Gasteiger partial charge on any atom is -0.326 e. The molecule has 2 N–H and O–H groups in total. The third-order valence-corrected chi connectivity index (χ3v) is 4.00. The lowest BCUT2D eigenvalue weighted by molar-refractivity contribution is -0.116. The van der Waals surface area contributed by atoms with Gasteiger partial charge in [0.05, 0.1) is 5.69 Å². The summed E-state index contributed by atoms with van der Waals surface area (Å²) in [7, 11) is 0. The number of aryl methyl sites for hydroxylation is 1. The first-order valence-electron chi connectivity index (χ1n) is 8.90. The van der Waals surface area contributed by atoms with Gasteiger partial charge in [-0.05, 0) is 49.7 Å². The molecule has 6 heteroatoms. The van der Waals surface area contributed by atoms with E-state index in [0.717, 1.165) is 17.8 Å². The number of rotatable bonds is 6. The van der Waals surface area contributed by atoms with E-state index in [9.17, 15) is 9.59 Å². The number of nitrogens with zero attached hydrogens (tertiary/aromatic N) is 2. The number of aromatic nitrogens is 2. The van der Waals surface area contributed by atoms with Gasteiger partial charge in [0, 0.05) is 23.5 Å². The van der Waals surface area contributed by atoms with Gasteiger partial charge in [-0.3, -0.25) is 9.59 Å². The summed E-state index contributed by atoms with van der Waals surface area (Å²) in [6.45, 7) is 3.85. The molecule has 1 heterocycles. The summed E-state index contributed by atoms with van der Waals surface area (Å²) in [6, 6.07) is 18.5. The zero-order chi connectivity index (χ0) is 19.2. The topological polar surface area (TPSA) is 76.0 Å². The Morgan fingerprint density at radius 2 is 1.67 bits per heavy atom. The number of carbonyl (C=O) groups excluding carboxylic acids is 2. The molecule has 0 spiro atoms. The van der Waals surface area contributed by atoms with Gasteiger partial charge < -0.3 is 10.6 Å². The lowest BCUT2D eigenvalue weighted by atomic mass is 10.2. The van der Waals surface area contributed by atoms with Crippen LogP contribution in [-0.2, 0) is 4.79 Å². The Morgan fingerprint density at radius 3 is 2.37 bits per heavy atom. The number of nitrogens with one attached hydrogen (secondary N) is 2. The maximum atomic E-state index is 12.6. The van der Waals surface area contributed by atoms with Gasteiger partial charge in [0.1, 0.15) is 0 Å². The molecule has 3 aromatic rings. The summed E-state index contributed by atoms with van der Waals surface area (Å²) in [4.78, 5) is 24.3. The van der Waals surface area contributed by atoms with Crippen molar-refractivity contribution in [3.63, 3.8) is 0 Å². The molecule has 6 nitrogen and oxygen atoms in total. The van der Waals surface area contributed by atoms with Crippen LogP contribution >= 0.6 is 0 Å². The highest BCUT2D eigenvalue weighted by Gasteiger charge is 2.14. The third-order valence-electron chi connectivity index (χ3n) is 4.00. The molecule has 0 aliphatic rings. The van der Waals surface area contributed by atoms with Crippen molar-refractivity contribution in [2.24, 2.45) is 0 Å². The third kappa shape index (κ3) is 4.61. The molecule has 138 valence electrons. The molecule has 0 aliphatic heterocycles. The van der Waals surface area contributed by atoms with Crippen molar-refractivity contribution in [3.05, 3.63) is 72.1 Å². The van der Waals surface area contributed by atoms with E-state index in [1.807, 2.05) is 44.2 Å². The van der Waals surface area contributed by atoms with Gasteiger partial charge in [0.15, 0.2) is 5.69 Å². The summed E-state index contributed by atoms with van der Waals surface area (Å²) in [5, 5.41) is 10.1. The molecule has 2 aromatic carbocycles. The van der Waals surface area contributed by atoms with Crippen molar-refractivity contribution in [2.45, 2.75) is 26.7 Å². The zero-order valence-electron chi connectivity index (χ0n) is 15.4. The molecule has 0 radical (unpaired) electrons. The highest BCUT2D eigenvalue weighted by Crippen LogP contribution is 2.17. The second-order valence-corrected chi connectivity index (χ2v) is 6.25. The van der Waals surface area contributed by atoms with Gasteiger partial charge >= 0.3 is 0 Å². The Hall–Kier alpha value is -3.41. The molecular weight excluding hydrogens is 340 g/mol. The summed E-state index contributed by atoms with van der Waals surface area (Å²) in [6.07, 6.45) is 1.25. The molecule has 0 saturated heterocycles. The largest absolute Gasteiger partial charge is 0.326 e. The van der Waals surface area contributed by atoms with E-state index in [1.54, 1.807) is 35.0 Å². The second kappa shape index (κ2) is 8.31. The van der Waals surface area contributed by atoms with Gasteiger partial charge in [-0.2, -0.15) is 5.10 Å². The monoisotopic (exact) mass is 362 g/mol. The number of benzene rings is 2. The van der Waals surface area contributed by atoms with Gasteiger partial charge in [-0.25, -0.2) is 4.68 Å². The van der Waals surface area contributed by atoms with E-state index in [0.29, 0.717) is 23.5 Å². The summed E-state index contributed by atoms with van der Waals surface area (Å²) in [5.41, 5.74) is 3.34. The van der Waals surface area contributed by atoms with E-state index in [-0.39, 0.29) is 11.8 Å². The molecule has 0 aliphatic carbocycles. The SMILES string of the molecule is CCCC(=O)Nc1cccc(NC(=O)c2cc(C)n(-c3ccccc3)n2)c1. The molecular formula is C21H22N4O2. The first-order valence-corrected chi connectivity index (χ1v) is 8.90. The number of hydrogen-bond acceptors (Lipinski definition) is 3. The van der Waals surface area contributed by atoms with Crippen molar-refractivity contribution in [1.82, 2.24) is 9.78 Å². The molecule has 0 saturated carbocycles. The van der Waals surface area contributed by atoms with Gasteiger partial charge in [-0.15, -0.1) is 0 Å². The van der Waals surface area contributed by atoms with Crippen LogP contribution in [0.25, 0.3) is 5.69 Å². The van der Waals surface area contributed by atoms with E-state index >= 15 is 0 Å². The standard InChI is InChI=1S/C21H22N4O2/c1-3-8-20(26)22-16-9-7-10-17(14-16)23-21(27)19-13-15(2)25(24-19)18-11-5-4-6-12-18/h4-7,9-14H,3,8H2,1-2H3,(H,22,26)(H,23,27). The predicted molar refractivity (Wildman–Crippen MR) is 106 cm³/mol. The van der Waals surface area contributed by atoms with Crippen molar-refractivity contribution >= 4 is 23.2 Å². The van der Waals surface area contributed by atoms with Crippen molar-refractivity contribution < 1.29 is 9.59 Å². The number of anilines is 2. The van der Waals surface area contributed by atoms with Crippen LogP contribution in [0.1, 0.15) is 35.9 Å². The van der Waals surface area contributed by atoms with Gasteiger partial charge in [0.2, 0.25) is 5.91 Å². The lowest BCUT2D eigenvalue weighted by Crippen LogP contribution is -2.14. The van der Waals surface area contributed by atoms with Crippen LogP contribution in [-0.4, -0.2) is 21.6 Å². The van der Waals surface area contributed by atoms with Crippen LogP contribution in [0.3, 0.4) is 0 Å². The molecule has 3 rings (SSSR count). The number of carbonyl (C=O) groups is 2. The van der Waals surface area contributed by atoms with E-state index < -0.39 is 0 Å². The fraction of sp³-hybridized carbons (Fsp3) is 0.190. The molecule has 0 fully saturated rings. The average Bonchev–Trinajstić information content (AvgIpc) is 3.05. The first-order chi connectivity index (χ1) is 13.1. The Labute approximate surface area is 158 Å². The lowest BCUT2D eigenvalue weighted by Gasteiger charge is -2.08. The van der Waals surface area contributed by atoms with Crippen molar-refractivity contribution in [1.29, 1.82) is 0 Å². The first kappa shape index (κ1) is 18.4. The Bertz CT molecular complexity index is 948. The highest BCUT2D eigenvalue weighted by atomic mass is 16.2. The molecule has 0 bridgehead atoms. The summed E-state index contributed by atoms with van der Waals surface area (Å²) in [5.74, 6) is -0.344. The molecule has 0 unspecified atom stereocenters. The molecule has 1 aromatic heterocycles. The minimum absolute atomic E-state index is 0.0433. The normalized spacial score (nSPS) is 10.4. The average molecular weight is 362 g/mol. The molecule has 27 heavy (non-hydrogen) atoms. The number of para-hydroxylation sites is 1. The second-order valence-electron chi connectivity index (χ2n) is 6.25. The van der Waals surface area contributed by atoms with Crippen LogP contribution < -0.4 is 10.6 Å². The van der Waals surface area contributed by atoms with Gasteiger partial charge in [0.25, 0.3) is 5.91 Å². The van der Waals surface area contributed by atoms with Crippen molar-refractivity contribution in [3.8, 4) is 5.69 Å². The van der Waals surface area contributed by atoms with Crippen LogP contribution in [0, 0.1) is 6.92 Å². The van der Waals surface area contributed by atoms with Crippen LogP contribution in [0.4, 0.5) is 11.4 Å². The van der Waals surface area contributed by atoms with E-state index in [4.69, 9.17) is 0 Å². The van der Waals surface area contributed by atoms with E-state index in [2.05, 4.69) is 15.7 Å². The Morgan fingerprint density at radius 1 is 0.963 bits per heavy atom. The zero-order valence-corrected chi connectivity index (χ0v) is 15.4. The van der Waals surface area contributed by atoms with Gasteiger partial charge in [-0.1, -0.05) is 31.2 Å². The summed E-state index contributed by atoms with van der Waals surface area (Å²) < 4.78 is 1.73. The number of hydrogen-bond donors (Lipinski definition) is 2. The Kier molecular flexibility index (Phi) is 5.66. The highest BCUT2D eigenvalue weighted by molar-refractivity contribution is 6.03. The smallest absolute Gasteiger partial charge is 0.276 e. The minimum atomic E-state index is -0.301. The summed E-state index contributed by atoms with van der Waals surface area (Å²) >= 11 is 0. The fourth-order valence-corrected chi connectivity index (χ4v) is 2.74. The number of amides is 2. The predicted octanol–water partition coefficient (Wildman–Crippen LogP) is 4.17. The van der Waals surface area contributed by atoms with E-state index in [1.165, 1.54) is 0 Å². The maximum absolute atomic E-state index is 12.6. The van der Waals surface area contributed by atoms with Crippen molar-refractivity contribution in [2.75, 3.05) is 10.6 Å². The molecule has 2 amide bonds. The van der Waals surface area contributed by atoms with Crippen LogP contribution in [0.5, 0.6) is 0 Å². The van der Waals surface area contributed by atoms with Crippen LogP contribution in [0.15, 0.2) is 60.7 Å². The van der Waals surface area contributed by atoms with Crippen LogP contribution in [0.2, 0.25) is 0 Å². The quantitative estimate of drug-likeness (QED) is 0.691. The maximum Gasteiger partial charge on any atom is 0.276 e. The Balaban J connectivity index is 1.74. The fourth-order valence-electron chi connectivity index (χ4n) is 2.74. The molecule has 0 atom stereocenters.